The van der Waals surface area contributed by atoms with E-state index in [4.69, 9.17) is 29.6 Å². The van der Waals surface area contributed by atoms with Crippen LogP contribution in [0.5, 0.6) is 0 Å². The number of nitrogens with zero attached hydrogens (tertiary/aromatic N) is 1. The zero-order chi connectivity index (χ0) is 15.3. The summed E-state index contributed by atoms with van der Waals surface area (Å²) in [4.78, 5) is -0.139. The van der Waals surface area contributed by atoms with E-state index in [1.807, 2.05) is 6.92 Å². The lowest BCUT2D eigenvalue weighted by Crippen LogP contribution is -2.32. The van der Waals surface area contributed by atoms with E-state index >= 15 is 0 Å². The SMILES string of the molecule is C#CCN(CCC)S(=O)(=O)c1cc(Cl)cc(CO)c1Cl. The molecule has 0 fully saturated rings. The van der Waals surface area contributed by atoms with Crippen LogP contribution in [-0.4, -0.2) is 30.9 Å². The fourth-order valence-electron chi connectivity index (χ4n) is 1.70. The number of benzene rings is 1. The molecule has 0 aliphatic rings. The van der Waals surface area contributed by atoms with Crippen LogP contribution >= 0.6 is 23.2 Å². The number of sulfonamides is 1. The zero-order valence-corrected chi connectivity index (χ0v) is 13.3. The van der Waals surface area contributed by atoms with E-state index in [1.54, 1.807) is 0 Å². The molecule has 7 heteroatoms. The van der Waals surface area contributed by atoms with Crippen molar-refractivity contribution in [1.29, 1.82) is 0 Å². The first-order chi connectivity index (χ1) is 9.38. The Morgan fingerprint density at radius 3 is 2.55 bits per heavy atom. The molecule has 0 saturated heterocycles. The second-order valence-corrected chi connectivity index (χ2v) is 6.80. The largest absolute Gasteiger partial charge is 0.392 e. The highest BCUT2D eigenvalue weighted by Gasteiger charge is 2.27. The van der Waals surface area contributed by atoms with Gasteiger partial charge < -0.3 is 5.11 Å². The van der Waals surface area contributed by atoms with Gasteiger partial charge in [0.2, 0.25) is 10.0 Å². The van der Waals surface area contributed by atoms with E-state index in [1.165, 1.54) is 12.1 Å². The molecule has 1 N–H and O–H groups in total. The van der Waals surface area contributed by atoms with Gasteiger partial charge in [-0.1, -0.05) is 36.0 Å². The molecule has 0 amide bonds. The van der Waals surface area contributed by atoms with Crippen molar-refractivity contribution in [3.8, 4) is 12.3 Å². The zero-order valence-electron chi connectivity index (χ0n) is 10.9. The van der Waals surface area contributed by atoms with Crippen molar-refractivity contribution in [3.05, 3.63) is 27.7 Å². The minimum atomic E-state index is -3.85. The molecule has 4 nitrogen and oxygen atoms in total. The van der Waals surface area contributed by atoms with Crippen molar-refractivity contribution in [2.45, 2.75) is 24.8 Å². The summed E-state index contributed by atoms with van der Waals surface area (Å²) < 4.78 is 26.3. The summed E-state index contributed by atoms with van der Waals surface area (Å²) in [6, 6.07) is 2.69. The first-order valence-electron chi connectivity index (χ1n) is 5.90. The first kappa shape index (κ1) is 17.3. The number of hydrogen-bond acceptors (Lipinski definition) is 3. The van der Waals surface area contributed by atoms with Crippen molar-refractivity contribution >= 4 is 33.2 Å². The van der Waals surface area contributed by atoms with Gasteiger partial charge in [0.15, 0.2) is 0 Å². The smallest absolute Gasteiger partial charge is 0.245 e. The third-order valence-corrected chi connectivity index (χ3v) is 5.25. The highest BCUT2D eigenvalue weighted by Crippen LogP contribution is 2.31. The van der Waals surface area contributed by atoms with Gasteiger partial charge in [0.25, 0.3) is 0 Å². The summed E-state index contributed by atoms with van der Waals surface area (Å²) in [6.45, 7) is 1.68. The van der Waals surface area contributed by atoms with Gasteiger partial charge in [-0.3, -0.25) is 0 Å². The summed E-state index contributed by atoms with van der Waals surface area (Å²) in [7, 11) is -3.85. The van der Waals surface area contributed by atoms with Crippen LogP contribution in [-0.2, 0) is 16.6 Å². The molecule has 0 heterocycles. The average molecular weight is 336 g/mol. The maximum Gasteiger partial charge on any atom is 0.245 e. The Morgan fingerprint density at radius 2 is 2.05 bits per heavy atom. The summed E-state index contributed by atoms with van der Waals surface area (Å²) in [6.07, 6.45) is 5.82. The van der Waals surface area contributed by atoms with Gasteiger partial charge in [-0.05, 0) is 24.1 Å². The second-order valence-electron chi connectivity index (χ2n) is 4.08. The van der Waals surface area contributed by atoms with Crippen molar-refractivity contribution in [2.24, 2.45) is 0 Å². The van der Waals surface area contributed by atoms with Gasteiger partial charge in [-0.15, -0.1) is 6.42 Å². The Labute approximate surface area is 129 Å². The highest BCUT2D eigenvalue weighted by atomic mass is 35.5. The second kappa shape index (κ2) is 7.30. The van der Waals surface area contributed by atoms with Gasteiger partial charge in [0.05, 0.1) is 18.2 Å². The van der Waals surface area contributed by atoms with Crippen LogP contribution in [0.15, 0.2) is 17.0 Å². The molecule has 0 atom stereocenters. The minimum absolute atomic E-state index is 0.0324. The third-order valence-electron chi connectivity index (χ3n) is 2.61. The molecular formula is C13H15Cl2NO3S. The monoisotopic (exact) mass is 335 g/mol. The lowest BCUT2D eigenvalue weighted by molar-refractivity contribution is 0.281. The Hall–Kier alpha value is -0.770. The van der Waals surface area contributed by atoms with Gasteiger partial charge >= 0.3 is 0 Å². The van der Waals surface area contributed by atoms with Crippen molar-refractivity contribution in [1.82, 2.24) is 4.31 Å². The number of rotatable bonds is 6. The third kappa shape index (κ3) is 3.66. The molecule has 1 aromatic rings. The fraction of sp³-hybridized carbons (Fsp3) is 0.385. The number of aliphatic hydroxyl groups excluding tert-OH is 1. The molecule has 0 saturated carbocycles. The van der Waals surface area contributed by atoms with Crippen LogP contribution in [0, 0.1) is 12.3 Å². The Morgan fingerprint density at radius 1 is 1.40 bits per heavy atom. The molecular weight excluding hydrogens is 321 g/mol. The molecule has 110 valence electrons. The Bertz CT molecular complexity index is 623. The summed E-state index contributed by atoms with van der Waals surface area (Å²) in [5.74, 6) is 2.31. The van der Waals surface area contributed by atoms with Crippen LogP contribution in [0.25, 0.3) is 0 Å². The standard InChI is InChI=1S/C13H15Cl2NO3S/c1-3-5-16(6-4-2)20(18,19)12-8-11(14)7-10(9-17)13(12)15/h1,7-8,17H,4-6,9H2,2H3. The molecule has 0 bridgehead atoms. The number of terminal acetylenes is 1. The molecule has 0 radical (unpaired) electrons. The van der Waals surface area contributed by atoms with E-state index in [9.17, 15) is 13.5 Å². The van der Waals surface area contributed by atoms with Crippen LogP contribution < -0.4 is 0 Å². The molecule has 0 aromatic heterocycles. The maximum atomic E-state index is 12.6. The van der Waals surface area contributed by atoms with E-state index in [2.05, 4.69) is 5.92 Å². The Kier molecular flexibility index (Phi) is 6.31. The van der Waals surface area contributed by atoms with Crippen LogP contribution in [0.2, 0.25) is 10.0 Å². The average Bonchev–Trinajstić information content (AvgIpc) is 2.40. The molecule has 0 aliphatic carbocycles. The first-order valence-corrected chi connectivity index (χ1v) is 8.10. The maximum absolute atomic E-state index is 12.6. The van der Waals surface area contributed by atoms with Crippen molar-refractivity contribution in [2.75, 3.05) is 13.1 Å². The molecule has 0 aliphatic heterocycles. The number of aliphatic hydroxyl groups is 1. The minimum Gasteiger partial charge on any atom is -0.392 e. The van der Waals surface area contributed by atoms with E-state index in [0.717, 1.165) is 4.31 Å². The van der Waals surface area contributed by atoms with Gasteiger partial charge in [-0.2, -0.15) is 4.31 Å². The quantitative estimate of drug-likeness (QED) is 0.812. The Balaban J connectivity index is 3.41. The predicted molar refractivity (Wildman–Crippen MR) is 80.3 cm³/mol. The highest BCUT2D eigenvalue weighted by molar-refractivity contribution is 7.89. The molecule has 0 unspecified atom stereocenters. The number of hydrogen-bond donors (Lipinski definition) is 1. The van der Waals surface area contributed by atoms with Crippen LogP contribution in [0.1, 0.15) is 18.9 Å². The predicted octanol–water partition coefficient (Wildman–Crippen LogP) is 2.52. The van der Waals surface area contributed by atoms with Gasteiger partial charge in [-0.25, -0.2) is 8.42 Å². The van der Waals surface area contributed by atoms with Crippen molar-refractivity contribution < 1.29 is 13.5 Å². The molecule has 20 heavy (non-hydrogen) atoms. The molecule has 0 spiro atoms. The summed E-state index contributed by atoms with van der Waals surface area (Å²) in [5.41, 5.74) is 0.259. The van der Waals surface area contributed by atoms with Gasteiger partial charge in [0.1, 0.15) is 4.90 Å². The fourth-order valence-corrected chi connectivity index (χ4v) is 4.04. The topological polar surface area (TPSA) is 57.6 Å². The normalized spacial score (nSPS) is 11.6. The van der Waals surface area contributed by atoms with Crippen LogP contribution in [0.4, 0.5) is 0 Å². The summed E-state index contributed by atoms with van der Waals surface area (Å²) >= 11 is 11.9. The van der Waals surface area contributed by atoms with E-state index in [0.29, 0.717) is 6.42 Å². The number of halogens is 2. The summed E-state index contributed by atoms with van der Waals surface area (Å²) in [5, 5.41) is 9.35. The molecule has 1 aromatic carbocycles. The molecule has 1 rings (SSSR count). The van der Waals surface area contributed by atoms with E-state index in [-0.39, 0.29) is 33.6 Å². The van der Waals surface area contributed by atoms with Crippen LogP contribution in [0.3, 0.4) is 0 Å². The van der Waals surface area contributed by atoms with E-state index < -0.39 is 16.6 Å². The lowest BCUT2D eigenvalue weighted by Gasteiger charge is -2.20. The lowest BCUT2D eigenvalue weighted by atomic mass is 10.2. The van der Waals surface area contributed by atoms with Gasteiger partial charge in [0, 0.05) is 11.6 Å². The van der Waals surface area contributed by atoms with Crippen molar-refractivity contribution in [3.63, 3.8) is 0 Å².